The van der Waals surface area contributed by atoms with Crippen LogP contribution in [0.1, 0.15) is 18.5 Å². The normalized spacial score (nSPS) is 19.4. The Hall–Kier alpha value is -2.18. The van der Waals surface area contributed by atoms with Crippen LogP contribution in [0.4, 0.5) is 17.5 Å². The summed E-state index contributed by atoms with van der Waals surface area (Å²) in [4.78, 5) is 13.8. The second-order valence-corrected chi connectivity index (χ2v) is 6.66. The van der Waals surface area contributed by atoms with Crippen molar-refractivity contribution in [1.29, 1.82) is 0 Å². The third kappa shape index (κ3) is 3.32. The van der Waals surface area contributed by atoms with Crippen molar-refractivity contribution in [3.8, 4) is 0 Å². The molecule has 6 heteroatoms. The molecule has 0 bridgehead atoms. The van der Waals surface area contributed by atoms with Crippen LogP contribution < -0.4 is 9.80 Å². The molecule has 1 aromatic heterocycles. The van der Waals surface area contributed by atoms with Crippen LogP contribution in [0.5, 0.6) is 0 Å². The average molecular weight is 340 g/mol. The van der Waals surface area contributed by atoms with Gasteiger partial charge in [0.2, 0.25) is 5.95 Å². The maximum atomic E-state index is 5.81. The molecule has 25 heavy (non-hydrogen) atoms. The number of piperidine rings is 1. The highest BCUT2D eigenvalue weighted by Crippen LogP contribution is 2.33. The Balaban J connectivity index is 1.54. The minimum absolute atomic E-state index is 0.371. The van der Waals surface area contributed by atoms with Gasteiger partial charge in [-0.15, -0.1) is 0 Å². The predicted octanol–water partition coefficient (Wildman–Crippen LogP) is 2.90. The molecule has 2 aliphatic rings. The first-order valence-electron chi connectivity index (χ1n) is 8.83. The van der Waals surface area contributed by atoms with Crippen LogP contribution in [0.2, 0.25) is 0 Å². The Morgan fingerprint density at radius 2 is 1.72 bits per heavy atom. The van der Waals surface area contributed by atoms with Gasteiger partial charge in [-0.1, -0.05) is 18.2 Å². The van der Waals surface area contributed by atoms with E-state index < -0.39 is 0 Å². The Kier molecular flexibility index (Phi) is 4.31. The van der Waals surface area contributed by atoms with E-state index in [9.17, 15) is 0 Å². The van der Waals surface area contributed by atoms with Gasteiger partial charge in [0, 0.05) is 50.4 Å². The minimum atomic E-state index is -0.371. The quantitative estimate of drug-likeness (QED) is 0.856. The van der Waals surface area contributed by atoms with E-state index in [1.165, 1.54) is 0 Å². The number of nitrogens with zero attached hydrogens (tertiary/aromatic N) is 4. The zero-order valence-corrected chi connectivity index (χ0v) is 14.8. The molecule has 0 unspecified atom stereocenters. The molecule has 2 aliphatic heterocycles. The van der Waals surface area contributed by atoms with E-state index in [4.69, 9.17) is 14.5 Å². The smallest absolute Gasteiger partial charge is 0.227 e. The summed E-state index contributed by atoms with van der Waals surface area (Å²) in [6.07, 6.45) is 1.71. The summed E-state index contributed by atoms with van der Waals surface area (Å²) in [7, 11) is 2.03. The lowest BCUT2D eigenvalue weighted by atomic mass is 10.0. The molecule has 0 amide bonds. The van der Waals surface area contributed by atoms with Crippen molar-refractivity contribution < 1.29 is 9.47 Å². The van der Waals surface area contributed by atoms with E-state index >= 15 is 0 Å². The summed E-state index contributed by atoms with van der Waals surface area (Å²) in [5.41, 5.74) is 2.08. The fraction of sp³-hybridized carbons (Fsp3) is 0.474. The van der Waals surface area contributed by atoms with Crippen LogP contribution in [-0.2, 0) is 9.47 Å². The van der Waals surface area contributed by atoms with Gasteiger partial charge >= 0.3 is 0 Å². The van der Waals surface area contributed by atoms with E-state index in [0.717, 1.165) is 49.1 Å². The van der Waals surface area contributed by atoms with E-state index in [0.29, 0.717) is 13.2 Å². The number of para-hydroxylation sites is 1. The lowest BCUT2D eigenvalue weighted by Gasteiger charge is -2.37. The van der Waals surface area contributed by atoms with Gasteiger partial charge in [0.15, 0.2) is 5.79 Å². The van der Waals surface area contributed by atoms with Gasteiger partial charge in [0.1, 0.15) is 5.82 Å². The summed E-state index contributed by atoms with van der Waals surface area (Å²) in [5.74, 6) is 1.32. The highest BCUT2D eigenvalue weighted by Gasteiger charge is 2.40. The fourth-order valence-electron chi connectivity index (χ4n) is 3.47. The van der Waals surface area contributed by atoms with Gasteiger partial charge in [-0.05, 0) is 19.1 Å². The predicted molar refractivity (Wildman–Crippen MR) is 97.4 cm³/mol. The third-order valence-corrected chi connectivity index (χ3v) is 4.94. The van der Waals surface area contributed by atoms with Crippen molar-refractivity contribution in [2.75, 3.05) is 43.2 Å². The third-order valence-electron chi connectivity index (χ3n) is 4.94. The molecule has 132 valence electrons. The van der Waals surface area contributed by atoms with E-state index in [-0.39, 0.29) is 5.79 Å². The van der Waals surface area contributed by atoms with Gasteiger partial charge in [-0.3, -0.25) is 0 Å². The number of hydrogen-bond acceptors (Lipinski definition) is 6. The van der Waals surface area contributed by atoms with Gasteiger partial charge in [-0.2, -0.15) is 4.98 Å². The molecule has 1 aromatic carbocycles. The SMILES string of the molecule is Cc1cc(N(C)c2ccccc2)nc(N2CCC3(CC2)OCCO3)n1. The molecule has 2 saturated heterocycles. The van der Waals surface area contributed by atoms with Gasteiger partial charge < -0.3 is 19.3 Å². The molecule has 4 rings (SSSR count). The van der Waals surface area contributed by atoms with Crippen molar-refractivity contribution in [3.05, 3.63) is 42.1 Å². The molecule has 2 aromatic rings. The zero-order chi connectivity index (χ0) is 17.3. The summed E-state index contributed by atoms with van der Waals surface area (Å²) >= 11 is 0. The second kappa shape index (κ2) is 6.61. The summed E-state index contributed by atoms with van der Waals surface area (Å²) < 4.78 is 11.6. The summed E-state index contributed by atoms with van der Waals surface area (Å²) in [6, 6.07) is 12.3. The van der Waals surface area contributed by atoms with Crippen LogP contribution in [0.3, 0.4) is 0 Å². The Morgan fingerprint density at radius 3 is 2.40 bits per heavy atom. The minimum Gasteiger partial charge on any atom is -0.347 e. The second-order valence-electron chi connectivity index (χ2n) is 6.66. The molecular formula is C19H24N4O2. The first-order valence-corrected chi connectivity index (χ1v) is 8.83. The van der Waals surface area contributed by atoms with Crippen molar-refractivity contribution in [2.45, 2.75) is 25.6 Å². The van der Waals surface area contributed by atoms with E-state index in [2.05, 4.69) is 26.9 Å². The molecule has 0 N–H and O–H groups in total. The van der Waals surface area contributed by atoms with E-state index in [1.54, 1.807) is 0 Å². The molecule has 1 spiro atoms. The lowest BCUT2D eigenvalue weighted by Crippen LogP contribution is -2.45. The number of aryl methyl sites for hydroxylation is 1. The maximum absolute atomic E-state index is 5.81. The van der Waals surface area contributed by atoms with E-state index in [1.807, 2.05) is 38.2 Å². The standard InChI is InChI=1S/C19H24N4O2/c1-15-14-17(22(2)16-6-4-3-5-7-16)21-18(20-15)23-10-8-19(9-11-23)24-12-13-25-19/h3-7,14H,8-13H2,1-2H3. The molecule has 0 radical (unpaired) electrons. The number of ether oxygens (including phenoxy) is 2. The van der Waals surface area contributed by atoms with Crippen molar-refractivity contribution >= 4 is 17.5 Å². The van der Waals surface area contributed by atoms with Gasteiger partial charge in [0.05, 0.1) is 13.2 Å². The van der Waals surface area contributed by atoms with Crippen molar-refractivity contribution in [3.63, 3.8) is 0 Å². The topological polar surface area (TPSA) is 50.7 Å². The molecular weight excluding hydrogens is 316 g/mol. The highest BCUT2D eigenvalue weighted by molar-refractivity contribution is 5.60. The van der Waals surface area contributed by atoms with Crippen molar-refractivity contribution in [1.82, 2.24) is 9.97 Å². The summed E-state index contributed by atoms with van der Waals surface area (Å²) in [5, 5.41) is 0. The number of rotatable bonds is 3. The molecule has 0 saturated carbocycles. The van der Waals surface area contributed by atoms with Crippen LogP contribution >= 0.6 is 0 Å². The monoisotopic (exact) mass is 340 g/mol. The Morgan fingerprint density at radius 1 is 1.04 bits per heavy atom. The highest BCUT2D eigenvalue weighted by atomic mass is 16.7. The Bertz CT molecular complexity index is 721. The van der Waals surface area contributed by atoms with Gasteiger partial charge in [0.25, 0.3) is 0 Å². The van der Waals surface area contributed by atoms with Crippen molar-refractivity contribution in [2.24, 2.45) is 0 Å². The maximum Gasteiger partial charge on any atom is 0.227 e. The number of anilines is 3. The largest absolute Gasteiger partial charge is 0.347 e. The summed E-state index contributed by atoms with van der Waals surface area (Å²) in [6.45, 7) is 5.11. The van der Waals surface area contributed by atoms with Crippen LogP contribution in [0.25, 0.3) is 0 Å². The van der Waals surface area contributed by atoms with Crippen LogP contribution in [0.15, 0.2) is 36.4 Å². The molecule has 0 atom stereocenters. The lowest BCUT2D eigenvalue weighted by molar-refractivity contribution is -0.169. The first-order chi connectivity index (χ1) is 12.2. The number of benzene rings is 1. The van der Waals surface area contributed by atoms with Crippen LogP contribution in [0, 0.1) is 6.92 Å². The Labute approximate surface area is 148 Å². The average Bonchev–Trinajstić information content (AvgIpc) is 3.10. The molecule has 2 fully saturated rings. The zero-order valence-electron chi connectivity index (χ0n) is 14.8. The molecule has 0 aliphatic carbocycles. The first kappa shape index (κ1) is 16.3. The number of hydrogen-bond donors (Lipinski definition) is 0. The fourth-order valence-corrected chi connectivity index (χ4v) is 3.47. The van der Waals surface area contributed by atoms with Crippen LogP contribution in [-0.4, -0.2) is 49.1 Å². The van der Waals surface area contributed by atoms with Gasteiger partial charge in [-0.25, -0.2) is 4.98 Å². The molecule has 6 nitrogen and oxygen atoms in total. The molecule has 3 heterocycles. The number of aromatic nitrogens is 2.